The number of rotatable bonds is 0. The number of hydrogen-bond acceptors (Lipinski definition) is 8. The fourth-order valence-electron chi connectivity index (χ4n) is 5.86. The van der Waals surface area contributed by atoms with Gasteiger partial charge in [-0.25, -0.2) is 0 Å². The molecule has 4 fully saturated rings. The number of hydrogen-bond donors (Lipinski definition) is 0. The normalized spacial score (nSPS) is 31.4. The third-order valence-electron chi connectivity index (χ3n) is 8.71. The van der Waals surface area contributed by atoms with Gasteiger partial charge in [0.25, 0.3) is 0 Å². The van der Waals surface area contributed by atoms with E-state index in [4.69, 9.17) is 20.2 Å². The topological polar surface area (TPSA) is 25.9 Å². The van der Waals surface area contributed by atoms with Gasteiger partial charge in [0.15, 0.2) is 0 Å². The predicted molar refractivity (Wildman–Crippen MR) is 173 cm³/mol. The van der Waals surface area contributed by atoms with Crippen LogP contribution in [0.25, 0.3) is 0 Å². The van der Waals surface area contributed by atoms with E-state index in [9.17, 15) is 0 Å². The quantitative estimate of drug-likeness (QED) is 0.370. The Hall–Kier alpha value is 0.779. The molecule has 0 radical (unpaired) electrons. The molecule has 0 aromatic heterocycles. The standard InChI is InChI=1S/2C14H30N4.CH4.2ClH.Mn/c2*1-15-5-3-7-18-12-10-16(2)6-4-8-17(11-9-15)13-14-18;;;;/h2*3-14H2,1-2H3;1H4;2*1H;/q;;;;;+2/p-2. The van der Waals surface area contributed by atoms with Crippen molar-refractivity contribution in [2.45, 2.75) is 33.1 Å². The summed E-state index contributed by atoms with van der Waals surface area (Å²) >= 11 is 0.00694. The van der Waals surface area contributed by atoms with Gasteiger partial charge in [-0.1, -0.05) is 7.43 Å². The molecular weight excluding hydrogens is 586 g/mol. The van der Waals surface area contributed by atoms with Gasteiger partial charge >= 0.3 is 33.3 Å². The van der Waals surface area contributed by atoms with Crippen molar-refractivity contribution >= 4 is 20.2 Å². The molecule has 0 aliphatic carbocycles. The molecule has 40 heavy (non-hydrogen) atoms. The molecule has 241 valence electrons. The van der Waals surface area contributed by atoms with Gasteiger partial charge in [0.1, 0.15) is 0 Å². The van der Waals surface area contributed by atoms with E-state index in [-0.39, 0.29) is 20.6 Å². The first-order valence-electron chi connectivity index (χ1n) is 15.4. The van der Waals surface area contributed by atoms with Gasteiger partial charge in [0.2, 0.25) is 0 Å². The number of halogens is 2. The van der Waals surface area contributed by atoms with E-state index in [2.05, 4.69) is 67.4 Å². The summed E-state index contributed by atoms with van der Waals surface area (Å²) in [5.74, 6) is 0. The van der Waals surface area contributed by atoms with Crippen LogP contribution in [0.1, 0.15) is 33.1 Å². The van der Waals surface area contributed by atoms with Gasteiger partial charge in [-0.3, -0.25) is 0 Å². The summed E-state index contributed by atoms with van der Waals surface area (Å²) in [5.41, 5.74) is 0. The molecule has 4 unspecified atom stereocenters. The Labute approximate surface area is 263 Å². The van der Waals surface area contributed by atoms with Gasteiger partial charge in [0.05, 0.1) is 0 Å². The molecule has 11 heteroatoms. The average molecular weight is 651 g/mol. The second-order valence-electron chi connectivity index (χ2n) is 12.0. The van der Waals surface area contributed by atoms with Crippen molar-refractivity contribution < 1.29 is 13.1 Å². The minimum absolute atomic E-state index is 0. The number of fused-ring (bicyclic) bond motifs is 6. The fourth-order valence-corrected chi connectivity index (χ4v) is 5.86. The molecule has 4 bridgehead atoms. The van der Waals surface area contributed by atoms with Crippen LogP contribution in [0, 0.1) is 0 Å². The molecule has 0 spiro atoms. The number of likely N-dealkylation sites (N-methyl/N-ethyl adjacent to an activating group) is 4. The van der Waals surface area contributed by atoms with Crippen molar-refractivity contribution in [3.05, 3.63) is 0 Å². The van der Waals surface area contributed by atoms with Crippen LogP contribution in [0.4, 0.5) is 0 Å². The Morgan fingerprint density at radius 3 is 0.700 bits per heavy atom. The maximum atomic E-state index is 4.80. The first kappa shape index (κ1) is 38.8. The molecule has 0 aromatic rings. The van der Waals surface area contributed by atoms with Crippen LogP contribution in [0.15, 0.2) is 0 Å². The summed E-state index contributed by atoms with van der Waals surface area (Å²) in [6.07, 6.45) is 5.28. The zero-order chi connectivity index (χ0) is 28.3. The monoisotopic (exact) mass is 649 g/mol. The Bertz CT molecular complexity index is 500. The third-order valence-corrected chi connectivity index (χ3v) is 8.71. The molecule has 4 rings (SSSR count). The Morgan fingerprint density at radius 2 is 0.500 bits per heavy atom. The average Bonchev–Trinajstić information content (AvgIpc) is 2.92. The molecule has 0 aromatic carbocycles. The molecule has 4 aliphatic rings. The summed E-state index contributed by atoms with van der Waals surface area (Å²) in [5, 5.41) is 0. The van der Waals surface area contributed by atoms with E-state index < -0.39 is 0 Å². The molecule has 8 nitrogen and oxygen atoms in total. The Kier molecular flexibility index (Phi) is 23.4. The van der Waals surface area contributed by atoms with Crippen molar-refractivity contribution in [3.63, 3.8) is 0 Å². The van der Waals surface area contributed by atoms with Crippen LogP contribution in [0.3, 0.4) is 0 Å². The van der Waals surface area contributed by atoms with Crippen LogP contribution < -0.4 is 0 Å². The van der Waals surface area contributed by atoms with Crippen molar-refractivity contribution in [2.75, 3.05) is 159 Å². The van der Waals surface area contributed by atoms with Crippen LogP contribution in [-0.4, -0.2) is 198 Å². The van der Waals surface area contributed by atoms with Gasteiger partial charge < -0.3 is 39.2 Å². The van der Waals surface area contributed by atoms with E-state index in [0.717, 1.165) is 0 Å². The minimum atomic E-state index is 0. The summed E-state index contributed by atoms with van der Waals surface area (Å²) in [7, 11) is 18.7. The molecule has 4 heterocycles. The first-order valence-corrected chi connectivity index (χ1v) is 18.6. The summed E-state index contributed by atoms with van der Waals surface area (Å²) in [6, 6.07) is 0. The van der Waals surface area contributed by atoms with Crippen molar-refractivity contribution in [1.82, 2.24) is 39.2 Å². The zero-order valence-electron chi connectivity index (χ0n) is 25.7. The zero-order valence-corrected chi connectivity index (χ0v) is 28.4. The second kappa shape index (κ2) is 24.1. The summed E-state index contributed by atoms with van der Waals surface area (Å²) in [4.78, 5) is 20.6. The van der Waals surface area contributed by atoms with E-state index >= 15 is 0 Å². The van der Waals surface area contributed by atoms with Crippen LogP contribution in [-0.2, 0) is 13.1 Å². The van der Waals surface area contributed by atoms with Gasteiger partial charge in [-0.15, -0.1) is 0 Å². The predicted octanol–water partition coefficient (Wildman–Crippen LogP) is 2.54. The molecule has 0 N–H and O–H groups in total. The molecule has 4 atom stereocenters. The van der Waals surface area contributed by atoms with E-state index in [1.165, 1.54) is 157 Å². The SMILES string of the molecule is C.CN1CCCN2CCN(C)CCCN(CC1)CC2.CN1CCCN2CCN(C)CCCN(CC1)CC2.[Cl][Mn][Cl]. The van der Waals surface area contributed by atoms with Crippen molar-refractivity contribution in [2.24, 2.45) is 0 Å². The Morgan fingerprint density at radius 1 is 0.325 bits per heavy atom. The summed E-state index contributed by atoms with van der Waals surface area (Å²) < 4.78 is 0. The van der Waals surface area contributed by atoms with Crippen LogP contribution in [0.5, 0.6) is 0 Å². The summed E-state index contributed by atoms with van der Waals surface area (Å²) in [6.45, 7) is 25.0. The van der Waals surface area contributed by atoms with Gasteiger partial charge in [0, 0.05) is 78.5 Å². The number of nitrogens with zero attached hydrogens (tertiary/aromatic N) is 8. The molecule has 4 saturated heterocycles. The molecule has 4 aliphatic heterocycles. The van der Waals surface area contributed by atoms with Crippen LogP contribution >= 0.6 is 20.2 Å². The maximum absolute atomic E-state index is 4.80. The van der Waals surface area contributed by atoms with E-state index in [1.54, 1.807) is 0 Å². The Balaban J connectivity index is 0.000000356. The van der Waals surface area contributed by atoms with Crippen LogP contribution in [0.2, 0.25) is 0 Å². The van der Waals surface area contributed by atoms with E-state index in [1.807, 2.05) is 0 Å². The van der Waals surface area contributed by atoms with Gasteiger partial charge in [-0.2, -0.15) is 0 Å². The molecular formula is C29H64Cl2MnN8. The van der Waals surface area contributed by atoms with Gasteiger partial charge in [-0.05, 0) is 106 Å². The molecule has 0 saturated carbocycles. The van der Waals surface area contributed by atoms with Crippen molar-refractivity contribution in [1.29, 1.82) is 0 Å². The first-order chi connectivity index (χ1) is 18.9. The second-order valence-corrected chi connectivity index (χ2v) is 14.0. The van der Waals surface area contributed by atoms with E-state index in [0.29, 0.717) is 0 Å². The molecule has 0 amide bonds. The van der Waals surface area contributed by atoms with Crippen molar-refractivity contribution in [3.8, 4) is 0 Å². The fraction of sp³-hybridized carbons (Fsp3) is 1.00. The third kappa shape index (κ3) is 18.4.